The minimum atomic E-state index is -0.867. The Morgan fingerprint density at radius 3 is 2.69 bits per heavy atom. The Morgan fingerprint density at radius 1 is 1.11 bits per heavy atom. The normalized spacial score (nSPS) is 15.0. The van der Waals surface area contributed by atoms with Gasteiger partial charge in [-0.25, -0.2) is 4.39 Å². The lowest BCUT2D eigenvalue weighted by Crippen LogP contribution is -2.29. The average Bonchev–Trinajstić information content (AvgIpc) is 3.42. The van der Waals surface area contributed by atoms with Crippen molar-refractivity contribution < 1.29 is 23.1 Å². The molecule has 0 N–H and O–H groups in total. The summed E-state index contributed by atoms with van der Waals surface area (Å²) in [6.07, 6.45) is 1.59. The van der Waals surface area contributed by atoms with Gasteiger partial charge in [0, 0.05) is 6.42 Å². The summed E-state index contributed by atoms with van der Waals surface area (Å²) in [7, 11) is 1.51. The lowest BCUT2D eigenvalue weighted by atomic mass is 9.98. The third-order valence-electron chi connectivity index (χ3n) is 5.76. The van der Waals surface area contributed by atoms with Crippen LogP contribution in [0.25, 0.3) is 11.0 Å². The maximum Gasteiger partial charge on any atom is 0.297 e. The molecule has 2 aromatic carbocycles. The summed E-state index contributed by atoms with van der Waals surface area (Å²) in [5, 5.41) is 9.64. The van der Waals surface area contributed by atoms with Gasteiger partial charge in [0.25, 0.3) is 5.91 Å². The summed E-state index contributed by atoms with van der Waals surface area (Å²) in [6, 6.07) is 7.99. The van der Waals surface area contributed by atoms with Gasteiger partial charge in [0.05, 0.1) is 30.7 Å². The monoisotopic (exact) mass is 495 g/mol. The minimum absolute atomic E-state index is 0.0604. The first kappa shape index (κ1) is 23.0. The number of aryl methyl sites for hydroxylation is 1. The van der Waals surface area contributed by atoms with Gasteiger partial charge < -0.3 is 13.9 Å². The number of aromatic nitrogens is 2. The Hall–Kier alpha value is -3.79. The first-order chi connectivity index (χ1) is 17.0. The number of nitrogens with zero attached hydrogens (tertiary/aromatic N) is 3. The number of carbonyl (C=O) groups is 1. The molecule has 0 bridgehead atoms. The quantitative estimate of drug-likeness (QED) is 0.360. The van der Waals surface area contributed by atoms with Crippen molar-refractivity contribution in [3.63, 3.8) is 0 Å². The molecule has 1 atom stereocenters. The van der Waals surface area contributed by atoms with Crippen LogP contribution in [0.15, 0.2) is 45.6 Å². The number of rotatable bonds is 7. The van der Waals surface area contributed by atoms with Crippen molar-refractivity contribution in [2.24, 2.45) is 0 Å². The number of anilines is 1. The van der Waals surface area contributed by atoms with E-state index in [0.717, 1.165) is 17.5 Å². The molecule has 4 aromatic rings. The summed E-state index contributed by atoms with van der Waals surface area (Å²) in [5.41, 5.74) is 0.365. The number of ether oxygens (including phenoxy) is 2. The van der Waals surface area contributed by atoms with Gasteiger partial charge in [-0.3, -0.25) is 14.5 Å². The van der Waals surface area contributed by atoms with E-state index < -0.39 is 23.2 Å². The van der Waals surface area contributed by atoms with Crippen molar-refractivity contribution in [1.82, 2.24) is 10.2 Å². The molecular weight excluding hydrogens is 473 g/mol. The van der Waals surface area contributed by atoms with Crippen LogP contribution in [0.4, 0.5) is 9.52 Å². The van der Waals surface area contributed by atoms with Crippen LogP contribution in [0, 0.1) is 5.82 Å². The van der Waals surface area contributed by atoms with Crippen LogP contribution in [-0.4, -0.2) is 29.8 Å². The highest BCUT2D eigenvalue weighted by Crippen LogP contribution is 2.44. The van der Waals surface area contributed by atoms with Gasteiger partial charge in [-0.2, -0.15) is 0 Å². The molecule has 0 radical (unpaired) electrons. The molecule has 2 aromatic heterocycles. The van der Waals surface area contributed by atoms with E-state index in [1.165, 1.54) is 35.5 Å². The summed E-state index contributed by atoms with van der Waals surface area (Å²) >= 11 is 1.28. The largest absolute Gasteiger partial charge is 0.493 e. The summed E-state index contributed by atoms with van der Waals surface area (Å²) in [5.74, 6) is -0.202. The van der Waals surface area contributed by atoms with Crippen LogP contribution >= 0.6 is 11.3 Å². The number of hydrogen-bond acceptors (Lipinski definition) is 8. The van der Waals surface area contributed by atoms with E-state index in [0.29, 0.717) is 35.2 Å². The molecule has 35 heavy (non-hydrogen) atoms. The van der Waals surface area contributed by atoms with Crippen LogP contribution in [-0.2, 0) is 6.42 Å². The highest BCUT2D eigenvalue weighted by atomic mass is 32.1. The van der Waals surface area contributed by atoms with Gasteiger partial charge in [-0.05, 0) is 49.2 Å². The third-order valence-corrected chi connectivity index (χ3v) is 6.74. The molecular formula is C25H22FN3O5S. The molecule has 8 nitrogen and oxygen atoms in total. The van der Waals surface area contributed by atoms with Gasteiger partial charge >= 0.3 is 0 Å². The van der Waals surface area contributed by atoms with Crippen molar-refractivity contribution in [2.75, 3.05) is 18.6 Å². The van der Waals surface area contributed by atoms with Crippen LogP contribution < -0.4 is 19.8 Å². The molecule has 5 rings (SSSR count). The van der Waals surface area contributed by atoms with Crippen molar-refractivity contribution in [3.8, 4) is 11.5 Å². The highest BCUT2D eigenvalue weighted by Gasteiger charge is 2.45. The van der Waals surface area contributed by atoms with Gasteiger partial charge in [-0.15, -0.1) is 10.2 Å². The molecule has 1 aliphatic rings. The molecule has 0 unspecified atom stereocenters. The lowest BCUT2D eigenvalue weighted by molar-refractivity contribution is 0.0970. The average molecular weight is 496 g/mol. The Bertz CT molecular complexity index is 1500. The molecule has 10 heteroatoms. The van der Waals surface area contributed by atoms with Gasteiger partial charge in [0.2, 0.25) is 10.9 Å². The second kappa shape index (κ2) is 9.10. The molecule has 3 heterocycles. The van der Waals surface area contributed by atoms with E-state index in [2.05, 4.69) is 10.2 Å². The maximum absolute atomic E-state index is 14.0. The molecule has 0 fully saturated rings. The van der Waals surface area contributed by atoms with E-state index >= 15 is 0 Å². The van der Waals surface area contributed by atoms with Gasteiger partial charge in [0.1, 0.15) is 16.4 Å². The molecule has 0 spiro atoms. The highest BCUT2D eigenvalue weighted by molar-refractivity contribution is 7.15. The number of benzene rings is 2. The summed E-state index contributed by atoms with van der Waals surface area (Å²) < 4.78 is 31.0. The molecule has 1 aliphatic heterocycles. The topological polar surface area (TPSA) is 94.8 Å². The number of methoxy groups -OCH3 is 1. The van der Waals surface area contributed by atoms with Crippen molar-refractivity contribution in [3.05, 3.63) is 74.3 Å². The smallest absolute Gasteiger partial charge is 0.297 e. The molecule has 0 saturated heterocycles. The second-order valence-corrected chi connectivity index (χ2v) is 9.00. The predicted octanol–water partition coefficient (Wildman–Crippen LogP) is 4.89. The lowest BCUT2D eigenvalue weighted by Gasteiger charge is -2.23. The van der Waals surface area contributed by atoms with Crippen LogP contribution in [0.3, 0.4) is 0 Å². The maximum atomic E-state index is 14.0. The van der Waals surface area contributed by atoms with E-state index in [9.17, 15) is 14.0 Å². The third kappa shape index (κ3) is 3.83. The Morgan fingerprint density at radius 2 is 1.94 bits per heavy atom. The van der Waals surface area contributed by atoms with E-state index in [1.807, 2.05) is 13.8 Å². The van der Waals surface area contributed by atoms with Crippen LogP contribution in [0.1, 0.15) is 53.0 Å². The first-order valence-corrected chi connectivity index (χ1v) is 12.0. The second-order valence-electron chi connectivity index (χ2n) is 7.96. The Labute approximate surface area is 203 Å². The number of halogens is 1. The van der Waals surface area contributed by atoms with Crippen LogP contribution in [0.5, 0.6) is 11.5 Å². The van der Waals surface area contributed by atoms with E-state index in [1.54, 1.807) is 18.2 Å². The van der Waals surface area contributed by atoms with Crippen molar-refractivity contribution >= 4 is 33.3 Å². The zero-order chi connectivity index (χ0) is 24.7. The SMILES string of the molecule is CCCc1nnc(N2C(=O)c3oc4ccc(F)cc4c(=O)c3[C@@H]2c2ccc(OCC)c(OC)c2)s1. The zero-order valence-corrected chi connectivity index (χ0v) is 20.1. The zero-order valence-electron chi connectivity index (χ0n) is 19.3. The number of carbonyl (C=O) groups excluding carboxylic acids is 1. The minimum Gasteiger partial charge on any atom is -0.493 e. The predicted molar refractivity (Wildman–Crippen MR) is 129 cm³/mol. The number of amides is 1. The van der Waals surface area contributed by atoms with Crippen molar-refractivity contribution in [1.29, 1.82) is 0 Å². The van der Waals surface area contributed by atoms with Crippen LogP contribution in [0.2, 0.25) is 0 Å². The molecule has 0 saturated carbocycles. The Balaban J connectivity index is 1.75. The Kier molecular flexibility index (Phi) is 5.98. The molecule has 1 amide bonds. The first-order valence-electron chi connectivity index (χ1n) is 11.2. The fourth-order valence-corrected chi connectivity index (χ4v) is 5.21. The fraction of sp³-hybridized carbons (Fsp3) is 0.280. The van der Waals surface area contributed by atoms with E-state index in [-0.39, 0.29) is 22.3 Å². The van der Waals surface area contributed by atoms with Gasteiger partial charge in [-0.1, -0.05) is 24.3 Å². The fourth-order valence-electron chi connectivity index (χ4n) is 4.24. The molecule has 180 valence electrons. The summed E-state index contributed by atoms with van der Waals surface area (Å²) in [4.78, 5) is 28.7. The van der Waals surface area contributed by atoms with Crippen molar-refractivity contribution in [2.45, 2.75) is 32.7 Å². The van der Waals surface area contributed by atoms with Gasteiger partial charge in [0.15, 0.2) is 16.9 Å². The number of hydrogen-bond donors (Lipinski definition) is 0. The van der Waals surface area contributed by atoms with E-state index in [4.69, 9.17) is 13.9 Å². The number of fused-ring (bicyclic) bond motifs is 2. The molecule has 0 aliphatic carbocycles. The standard InChI is InChI=1S/C25H22FN3O5S/c1-4-6-19-27-28-25(35-19)29-21(13-7-9-17(33-5-2)18(11-13)32-3)20-22(30)15-12-14(26)8-10-16(15)34-23(20)24(29)31/h7-12,21H,4-6H2,1-3H3/t21-/m0/s1. The summed E-state index contributed by atoms with van der Waals surface area (Å²) in [6.45, 7) is 4.33.